The van der Waals surface area contributed by atoms with Crippen LogP contribution < -0.4 is 10.6 Å². The number of rotatable bonds is 4. The van der Waals surface area contributed by atoms with E-state index in [1.54, 1.807) is 0 Å². The van der Waals surface area contributed by atoms with Crippen molar-refractivity contribution in [3.05, 3.63) is 12.3 Å². The first-order chi connectivity index (χ1) is 11.1. The number of fused-ring (bicyclic) bond motifs is 1. The standard InChI is InChI=1S/C17H26N4O2/c1-17(2)14(12-6-9-23-15(12)17)21-16-18-7-5-13(20-16)19-11-4-3-8-22-10-11/h5,7,11-12,14-15H,3-4,6,8-10H2,1-2H3,(H2,18,19,20,21)/t11-,12-,14-,15-/m1/s1. The molecule has 1 saturated carbocycles. The summed E-state index contributed by atoms with van der Waals surface area (Å²) in [4.78, 5) is 9.04. The monoisotopic (exact) mass is 318 g/mol. The molecule has 126 valence electrons. The highest BCUT2D eigenvalue weighted by atomic mass is 16.5. The van der Waals surface area contributed by atoms with Crippen LogP contribution in [0.2, 0.25) is 0 Å². The lowest BCUT2D eigenvalue weighted by atomic mass is 9.57. The van der Waals surface area contributed by atoms with Crippen LogP contribution in [0.15, 0.2) is 12.3 Å². The number of hydrogen-bond acceptors (Lipinski definition) is 6. The number of nitrogens with one attached hydrogen (secondary N) is 2. The Hall–Kier alpha value is -1.40. The van der Waals surface area contributed by atoms with E-state index in [2.05, 4.69) is 34.4 Å². The molecule has 2 aliphatic heterocycles. The van der Waals surface area contributed by atoms with E-state index >= 15 is 0 Å². The average Bonchev–Trinajstić information content (AvgIpc) is 3.01. The fraction of sp³-hybridized carbons (Fsp3) is 0.765. The van der Waals surface area contributed by atoms with E-state index in [-0.39, 0.29) is 5.41 Å². The Morgan fingerprint density at radius 2 is 2.13 bits per heavy atom. The molecule has 3 aliphatic rings. The van der Waals surface area contributed by atoms with Crippen molar-refractivity contribution in [1.82, 2.24) is 9.97 Å². The van der Waals surface area contributed by atoms with E-state index in [1.807, 2.05) is 12.3 Å². The highest BCUT2D eigenvalue weighted by molar-refractivity contribution is 5.42. The predicted octanol–water partition coefficient (Wildman–Crippen LogP) is 2.29. The van der Waals surface area contributed by atoms with Gasteiger partial charge in [-0.1, -0.05) is 13.8 Å². The van der Waals surface area contributed by atoms with Gasteiger partial charge < -0.3 is 20.1 Å². The normalized spacial score (nSPS) is 35.2. The number of aromatic nitrogens is 2. The van der Waals surface area contributed by atoms with Gasteiger partial charge >= 0.3 is 0 Å². The average molecular weight is 318 g/mol. The summed E-state index contributed by atoms with van der Waals surface area (Å²) < 4.78 is 11.4. The van der Waals surface area contributed by atoms with Crippen LogP contribution in [-0.2, 0) is 9.47 Å². The second kappa shape index (κ2) is 5.91. The molecular weight excluding hydrogens is 292 g/mol. The minimum atomic E-state index is 0.130. The molecule has 0 amide bonds. The summed E-state index contributed by atoms with van der Waals surface area (Å²) in [6, 6.07) is 2.65. The number of anilines is 2. The van der Waals surface area contributed by atoms with Gasteiger partial charge in [-0.25, -0.2) is 4.98 Å². The third kappa shape index (κ3) is 2.78. The largest absolute Gasteiger partial charge is 0.379 e. The summed E-state index contributed by atoms with van der Waals surface area (Å²) in [5.74, 6) is 2.15. The van der Waals surface area contributed by atoms with Crippen LogP contribution in [-0.4, -0.2) is 48.0 Å². The van der Waals surface area contributed by atoms with Crippen molar-refractivity contribution >= 4 is 11.8 Å². The number of ether oxygens (including phenoxy) is 2. The van der Waals surface area contributed by atoms with E-state index < -0.39 is 0 Å². The summed E-state index contributed by atoms with van der Waals surface area (Å²) in [6.45, 7) is 7.03. The molecular formula is C17H26N4O2. The molecule has 0 unspecified atom stereocenters. The fourth-order valence-electron chi connectivity index (χ4n) is 4.33. The molecule has 2 N–H and O–H groups in total. The minimum absolute atomic E-state index is 0.130. The van der Waals surface area contributed by atoms with Crippen LogP contribution in [0.5, 0.6) is 0 Å². The number of nitrogens with zero attached hydrogens (tertiary/aromatic N) is 2. The highest BCUT2D eigenvalue weighted by Crippen LogP contribution is 2.53. The van der Waals surface area contributed by atoms with Gasteiger partial charge in [0.1, 0.15) is 5.82 Å². The molecule has 1 aliphatic carbocycles. The highest BCUT2D eigenvalue weighted by Gasteiger charge is 2.59. The smallest absolute Gasteiger partial charge is 0.224 e. The van der Waals surface area contributed by atoms with Crippen LogP contribution in [0.4, 0.5) is 11.8 Å². The topological polar surface area (TPSA) is 68.3 Å². The van der Waals surface area contributed by atoms with Crippen LogP contribution in [0.25, 0.3) is 0 Å². The quantitative estimate of drug-likeness (QED) is 0.888. The first-order valence-corrected chi connectivity index (χ1v) is 8.70. The molecule has 0 aromatic carbocycles. The molecule has 0 bridgehead atoms. The van der Waals surface area contributed by atoms with E-state index in [0.717, 1.165) is 44.9 Å². The molecule has 3 fully saturated rings. The molecule has 4 atom stereocenters. The molecule has 3 heterocycles. The Balaban J connectivity index is 1.42. The Morgan fingerprint density at radius 3 is 2.96 bits per heavy atom. The molecule has 6 heteroatoms. The van der Waals surface area contributed by atoms with Crippen LogP contribution in [0.1, 0.15) is 33.1 Å². The predicted molar refractivity (Wildman–Crippen MR) is 88.5 cm³/mol. The SMILES string of the molecule is CC1(C)[C@H](Nc2nccc(N[C@@H]3CCCOC3)n2)[C@H]2CCO[C@H]21. The Kier molecular flexibility index (Phi) is 3.89. The first-order valence-electron chi connectivity index (χ1n) is 8.70. The summed E-state index contributed by atoms with van der Waals surface area (Å²) >= 11 is 0. The van der Waals surface area contributed by atoms with Crippen LogP contribution >= 0.6 is 0 Å². The zero-order valence-corrected chi connectivity index (χ0v) is 13.9. The lowest BCUT2D eigenvalue weighted by Crippen LogP contribution is -2.63. The second-order valence-electron chi connectivity index (χ2n) is 7.51. The molecule has 1 aromatic rings. The summed E-state index contributed by atoms with van der Waals surface area (Å²) in [5.41, 5.74) is 0.130. The van der Waals surface area contributed by atoms with E-state index in [4.69, 9.17) is 9.47 Å². The molecule has 4 rings (SSSR count). The maximum absolute atomic E-state index is 5.85. The van der Waals surface area contributed by atoms with Gasteiger partial charge in [0.25, 0.3) is 0 Å². The van der Waals surface area contributed by atoms with Gasteiger partial charge in [0.15, 0.2) is 0 Å². The van der Waals surface area contributed by atoms with E-state index in [1.165, 1.54) is 0 Å². The maximum Gasteiger partial charge on any atom is 0.224 e. The van der Waals surface area contributed by atoms with Crippen molar-refractivity contribution in [1.29, 1.82) is 0 Å². The van der Waals surface area contributed by atoms with Gasteiger partial charge in [-0.2, -0.15) is 4.98 Å². The lowest BCUT2D eigenvalue weighted by Gasteiger charge is -2.54. The molecule has 2 saturated heterocycles. The lowest BCUT2D eigenvalue weighted by molar-refractivity contribution is -0.0925. The molecule has 1 aromatic heterocycles. The van der Waals surface area contributed by atoms with Crippen molar-refractivity contribution in [2.24, 2.45) is 11.3 Å². The van der Waals surface area contributed by atoms with Gasteiger partial charge in [0.05, 0.1) is 18.8 Å². The van der Waals surface area contributed by atoms with E-state index in [9.17, 15) is 0 Å². The third-order valence-electron chi connectivity index (χ3n) is 5.55. The second-order valence-corrected chi connectivity index (χ2v) is 7.51. The van der Waals surface area contributed by atoms with Crippen molar-refractivity contribution in [2.45, 2.75) is 51.3 Å². The van der Waals surface area contributed by atoms with Crippen LogP contribution in [0, 0.1) is 11.3 Å². The van der Waals surface area contributed by atoms with Crippen molar-refractivity contribution < 1.29 is 9.47 Å². The minimum Gasteiger partial charge on any atom is -0.379 e. The van der Waals surface area contributed by atoms with Crippen molar-refractivity contribution in [2.75, 3.05) is 30.5 Å². The summed E-state index contributed by atoms with van der Waals surface area (Å²) in [7, 11) is 0. The Morgan fingerprint density at radius 1 is 1.22 bits per heavy atom. The first kappa shape index (κ1) is 15.1. The van der Waals surface area contributed by atoms with Crippen molar-refractivity contribution in [3.63, 3.8) is 0 Å². The molecule has 0 radical (unpaired) electrons. The summed E-state index contributed by atoms with van der Waals surface area (Å²) in [5, 5.41) is 7.00. The molecule has 0 spiro atoms. The van der Waals surface area contributed by atoms with Gasteiger partial charge in [0, 0.05) is 36.8 Å². The zero-order valence-electron chi connectivity index (χ0n) is 13.9. The van der Waals surface area contributed by atoms with Gasteiger partial charge in [-0.3, -0.25) is 0 Å². The van der Waals surface area contributed by atoms with E-state index in [0.29, 0.717) is 30.1 Å². The fourth-order valence-corrected chi connectivity index (χ4v) is 4.33. The van der Waals surface area contributed by atoms with Crippen molar-refractivity contribution in [3.8, 4) is 0 Å². The maximum atomic E-state index is 5.85. The van der Waals surface area contributed by atoms with Gasteiger partial charge in [-0.15, -0.1) is 0 Å². The summed E-state index contributed by atoms with van der Waals surface area (Å²) in [6.07, 6.45) is 5.55. The van der Waals surface area contributed by atoms with Gasteiger partial charge in [-0.05, 0) is 25.3 Å². The molecule has 6 nitrogen and oxygen atoms in total. The number of hydrogen-bond donors (Lipinski definition) is 2. The molecule has 23 heavy (non-hydrogen) atoms. The Bertz CT molecular complexity index is 559. The zero-order chi connectivity index (χ0) is 15.9. The van der Waals surface area contributed by atoms with Crippen LogP contribution in [0.3, 0.4) is 0 Å². The third-order valence-corrected chi connectivity index (χ3v) is 5.55. The Labute approximate surface area is 137 Å². The van der Waals surface area contributed by atoms with Gasteiger partial charge in [0.2, 0.25) is 5.95 Å².